The zero-order valence-electron chi connectivity index (χ0n) is 11.7. The third kappa shape index (κ3) is 3.78. The highest BCUT2D eigenvalue weighted by molar-refractivity contribution is 6.13. The van der Waals surface area contributed by atoms with Crippen LogP contribution in [0.5, 0.6) is 0 Å². The summed E-state index contributed by atoms with van der Waals surface area (Å²) in [7, 11) is 0. The van der Waals surface area contributed by atoms with Crippen LogP contribution in [0.25, 0.3) is 0 Å². The zero-order chi connectivity index (χ0) is 15.3. The Hall–Kier alpha value is -2.43. The monoisotopic (exact) mass is 275 g/mol. The van der Waals surface area contributed by atoms with E-state index in [-0.39, 0.29) is 16.8 Å². The van der Waals surface area contributed by atoms with E-state index in [0.717, 1.165) is 0 Å². The maximum absolute atomic E-state index is 12.1. The van der Waals surface area contributed by atoms with E-state index in [2.05, 4.69) is 0 Å². The summed E-state index contributed by atoms with van der Waals surface area (Å²) in [6, 6.07) is 8.16. The first-order valence-electron chi connectivity index (χ1n) is 6.08. The molecular formula is C15H17NO4. The van der Waals surface area contributed by atoms with Gasteiger partial charge in [-0.15, -0.1) is 0 Å². The second-order valence-corrected chi connectivity index (χ2v) is 4.43. The molecule has 20 heavy (non-hydrogen) atoms. The number of hydrogen-bond donors (Lipinski definition) is 1. The summed E-state index contributed by atoms with van der Waals surface area (Å²) >= 11 is 0. The van der Waals surface area contributed by atoms with Crippen molar-refractivity contribution in [2.75, 3.05) is 0 Å². The van der Waals surface area contributed by atoms with Crippen molar-refractivity contribution < 1.29 is 19.1 Å². The normalized spacial score (nSPS) is 13.2. The number of carbonyl (C=O) groups is 3. The highest BCUT2D eigenvalue weighted by atomic mass is 16.5. The molecule has 0 aliphatic rings. The van der Waals surface area contributed by atoms with Crippen molar-refractivity contribution in [1.82, 2.24) is 0 Å². The average molecular weight is 275 g/mol. The number of benzene rings is 1. The van der Waals surface area contributed by atoms with Crippen LogP contribution in [0.15, 0.2) is 41.6 Å². The largest absolute Gasteiger partial charge is 0.442 e. The van der Waals surface area contributed by atoms with Gasteiger partial charge in [0.25, 0.3) is 0 Å². The lowest BCUT2D eigenvalue weighted by molar-refractivity contribution is -0.135. The fraction of sp³-hybridized carbons (Fsp3) is 0.267. The summed E-state index contributed by atoms with van der Waals surface area (Å²) in [5.74, 6) is -1.86. The molecule has 0 radical (unpaired) electrons. The van der Waals surface area contributed by atoms with Gasteiger partial charge in [0.2, 0.25) is 11.9 Å². The number of ether oxygens (including phenoxy) is 1. The minimum Gasteiger partial charge on any atom is -0.442 e. The molecule has 1 rings (SSSR count). The minimum atomic E-state index is -1.46. The fourth-order valence-electron chi connectivity index (χ4n) is 1.46. The van der Waals surface area contributed by atoms with Crippen LogP contribution in [0.4, 0.5) is 0 Å². The van der Waals surface area contributed by atoms with E-state index in [9.17, 15) is 14.4 Å². The molecule has 0 amide bonds. The van der Waals surface area contributed by atoms with Crippen molar-refractivity contribution in [1.29, 1.82) is 0 Å². The van der Waals surface area contributed by atoms with E-state index < -0.39 is 23.6 Å². The molecule has 0 fully saturated rings. The van der Waals surface area contributed by atoms with Crippen LogP contribution in [0.1, 0.15) is 31.1 Å². The van der Waals surface area contributed by atoms with E-state index in [1.165, 1.54) is 13.8 Å². The van der Waals surface area contributed by atoms with E-state index in [0.29, 0.717) is 0 Å². The molecule has 0 saturated heterocycles. The quantitative estimate of drug-likeness (QED) is 0.501. The zero-order valence-corrected chi connectivity index (χ0v) is 11.7. The van der Waals surface area contributed by atoms with Gasteiger partial charge >= 0.3 is 5.97 Å². The van der Waals surface area contributed by atoms with Gasteiger partial charge in [0, 0.05) is 11.3 Å². The minimum absolute atomic E-state index is 0.214. The van der Waals surface area contributed by atoms with Crippen LogP contribution >= 0.6 is 0 Å². The summed E-state index contributed by atoms with van der Waals surface area (Å²) in [5.41, 5.74) is 6.30. The SMILES string of the molecule is CC(=O)C(OC(=O)c1ccccc1)C(=O)C(C)=C(C)N. The summed E-state index contributed by atoms with van der Waals surface area (Å²) in [6.45, 7) is 4.23. The molecule has 0 saturated carbocycles. The van der Waals surface area contributed by atoms with E-state index in [1.807, 2.05) is 0 Å². The molecular weight excluding hydrogens is 258 g/mol. The third-order valence-corrected chi connectivity index (χ3v) is 2.80. The Morgan fingerprint density at radius 3 is 2.05 bits per heavy atom. The van der Waals surface area contributed by atoms with Crippen LogP contribution < -0.4 is 5.73 Å². The Bertz CT molecular complexity index is 556. The number of carbonyl (C=O) groups excluding carboxylic acids is 3. The second kappa shape index (κ2) is 6.65. The second-order valence-electron chi connectivity index (χ2n) is 4.43. The van der Waals surface area contributed by atoms with E-state index in [1.54, 1.807) is 37.3 Å². The number of allylic oxidation sites excluding steroid dienone is 1. The predicted molar refractivity (Wildman–Crippen MR) is 73.9 cm³/mol. The molecule has 5 nitrogen and oxygen atoms in total. The number of hydrogen-bond acceptors (Lipinski definition) is 5. The Morgan fingerprint density at radius 2 is 1.60 bits per heavy atom. The molecule has 0 spiro atoms. The average Bonchev–Trinajstić information content (AvgIpc) is 2.43. The van der Waals surface area contributed by atoms with Crippen LogP contribution in [-0.4, -0.2) is 23.6 Å². The summed E-state index contributed by atoms with van der Waals surface area (Å²) in [6.07, 6.45) is -1.46. The number of rotatable bonds is 5. The maximum atomic E-state index is 12.1. The van der Waals surface area contributed by atoms with E-state index >= 15 is 0 Å². The topological polar surface area (TPSA) is 86.5 Å². The van der Waals surface area contributed by atoms with Crippen molar-refractivity contribution in [2.45, 2.75) is 26.9 Å². The molecule has 106 valence electrons. The van der Waals surface area contributed by atoms with Gasteiger partial charge in [0.15, 0.2) is 5.78 Å². The van der Waals surface area contributed by atoms with Crippen LogP contribution in [0.3, 0.4) is 0 Å². The third-order valence-electron chi connectivity index (χ3n) is 2.80. The summed E-state index contributed by atoms with van der Waals surface area (Å²) in [5, 5.41) is 0. The van der Waals surface area contributed by atoms with Gasteiger partial charge in [-0.05, 0) is 32.9 Å². The first kappa shape index (κ1) is 15.6. The van der Waals surface area contributed by atoms with Gasteiger partial charge in [-0.25, -0.2) is 4.79 Å². The van der Waals surface area contributed by atoms with Gasteiger partial charge in [-0.1, -0.05) is 18.2 Å². The van der Waals surface area contributed by atoms with Gasteiger partial charge in [0.05, 0.1) is 5.56 Å². The molecule has 0 aromatic heterocycles. The van der Waals surface area contributed by atoms with Crippen molar-refractivity contribution in [3.05, 3.63) is 47.2 Å². The Balaban J connectivity index is 2.95. The number of esters is 1. The lowest BCUT2D eigenvalue weighted by Crippen LogP contribution is -2.35. The maximum Gasteiger partial charge on any atom is 0.339 e. The highest BCUT2D eigenvalue weighted by Gasteiger charge is 2.29. The standard InChI is InChI=1S/C15H17NO4/c1-9(10(2)16)13(18)14(11(3)17)20-15(19)12-7-5-4-6-8-12/h4-8,14H,16H2,1-3H3. The van der Waals surface area contributed by atoms with Crippen molar-refractivity contribution in [2.24, 2.45) is 5.73 Å². The van der Waals surface area contributed by atoms with E-state index in [4.69, 9.17) is 10.5 Å². The lowest BCUT2D eigenvalue weighted by Gasteiger charge is -2.15. The number of ketones is 2. The van der Waals surface area contributed by atoms with Crippen molar-refractivity contribution in [3.8, 4) is 0 Å². The predicted octanol–water partition coefficient (Wildman–Crippen LogP) is 1.62. The van der Waals surface area contributed by atoms with Crippen molar-refractivity contribution >= 4 is 17.5 Å². The lowest BCUT2D eigenvalue weighted by atomic mass is 10.0. The summed E-state index contributed by atoms with van der Waals surface area (Å²) in [4.78, 5) is 35.5. The number of Topliss-reactive ketones (excluding diaryl/α,β-unsaturated/α-hetero) is 2. The fourth-order valence-corrected chi connectivity index (χ4v) is 1.46. The van der Waals surface area contributed by atoms with Gasteiger partial charge in [-0.2, -0.15) is 0 Å². The smallest absolute Gasteiger partial charge is 0.339 e. The van der Waals surface area contributed by atoms with Crippen LogP contribution in [0.2, 0.25) is 0 Å². The Labute approximate surface area is 117 Å². The molecule has 0 heterocycles. The van der Waals surface area contributed by atoms with Gasteiger partial charge < -0.3 is 10.5 Å². The Morgan fingerprint density at radius 1 is 1.05 bits per heavy atom. The highest BCUT2D eigenvalue weighted by Crippen LogP contribution is 2.10. The molecule has 0 aliphatic carbocycles. The molecule has 0 bridgehead atoms. The molecule has 1 atom stereocenters. The van der Waals surface area contributed by atoms with Gasteiger partial charge in [0.1, 0.15) is 0 Å². The Kier molecular flexibility index (Phi) is 5.20. The van der Waals surface area contributed by atoms with Crippen molar-refractivity contribution in [3.63, 3.8) is 0 Å². The molecule has 0 aliphatic heterocycles. The first-order chi connectivity index (χ1) is 9.34. The molecule has 2 N–H and O–H groups in total. The van der Waals surface area contributed by atoms with Gasteiger partial charge in [-0.3, -0.25) is 9.59 Å². The molecule has 1 aromatic rings. The first-order valence-corrected chi connectivity index (χ1v) is 6.08. The summed E-state index contributed by atoms with van der Waals surface area (Å²) < 4.78 is 5.00. The molecule has 1 aromatic carbocycles. The van der Waals surface area contributed by atoms with Crippen LogP contribution in [-0.2, 0) is 14.3 Å². The number of nitrogens with two attached hydrogens (primary N) is 1. The molecule has 5 heteroatoms. The molecule has 1 unspecified atom stereocenters. The van der Waals surface area contributed by atoms with Crippen LogP contribution in [0, 0.1) is 0 Å².